The molecule has 1 saturated heterocycles. The number of likely N-dealkylation sites (tertiary alicyclic amines) is 1. The molecule has 1 aromatic rings. The molecule has 1 aliphatic rings. The minimum atomic E-state index is 0.0492. The molecule has 0 aliphatic carbocycles. The van der Waals surface area contributed by atoms with E-state index in [1.807, 2.05) is 0 Å². The van der Waals surface area contributed by atoms with Crippen molar-refractivity contribution in [1.29, 1.82) is 0 Å². The summed E-state index contributed by atoms with van der Waals surface area (Å²) in [6.45, 7) is 3.18. The number of isocyanates is 1. The highest BCUT2D eigenvalue weighted by molar-refractivity contribution is 6.33. The highest BCUT2D eigenvalue weighted by atomic mass is 35.5. The molecule has 0 aromatic carbocycles. The SMILES string of the molecule is O=C=Nc1onc(CCN2CCCC2)c1Cl. The van der Waals surface area contributed by atoms with Crippen molar-refractivity contribution < 1.29 is 9.32 Å². The summed E-state index contributed by atoms with van der Waals surface area (Å²) in [5.74, 6) is 0.0492. The fourth-order valence-corrected chi connectivity index (χ4v) is 2.04. The molecule has 2 heterocycles. The van der Waals surface area contributed by atoms with Gasteiger partial charge in [0.2, 0.25) is 6.08 Å². The maximum Gasteiger partial charge on any atom is 0.280 e. The monoisotopic (exact) mass is 241 g/mol. The molecule has 0 bridgehead atoms. The highest BCUT2D eigenvalue weighted by Gasteiger charge is 2.16. The molecule has 1 aliphatic heterocycles. The second-order valence-electron chi connectivity index (χ2n) is 3.75. The van der Waals surface area contributed by atoms with Crippen LogP contribution in [0.5, 0.6) is 0 Å². The van der Waals surface area contributed by atoms with Gasteiger partial charge in [0, 0.05) is 13.0 Å². The van der Waals surface area contributed by atoms with Gasteiger partial charge in [0.25, 0.3) is 5.88 Å². The zero-order valence-corrected chi connectivity index (χ0v) is 9.53. The third-order valence-corrected chi connectivity index (χ3v) is 3.07. The Morgan fingerprint density at radius 2 is 2.25 bits per heavy atom. The average molecular weight is 242 g/mol. The Kier molecular flexibility index (Phi) is 3.72. The Labute approximate surface area is 98.1 Å². The van der Waals surface area contributed by atoms with Gasteiger partial charge < -0.3 is 9.42 Å². The number of aliphatic imine (C=N–C) groups is 1. The fourth-order valence-electron chi connectivity index (χ4n) is 1.84. The molecule has 2 rings (SSSR count). The van der Waals surface area contributed by atoms with Gasteiger partial charge in [-0.05, 0) is 25.9 Å². The van der Waals surface area contributed by atoms with Crippen LogP contribution in [0.25, 0.3) is 0 Å². The molecular weight excluding hydrogens is 230 g/mol. The molecule has 6 heteroatoms. The number of aromatic nitrogens is 1. The number of hydrogen-bond acceptors (Lipinski definition) is 5. The molecule has 0 N–H and O–H groups in total. The second kappa shape index (κ2) is 5.25. The van der Waals surface area contributed by atoms with E-state index >= 15 is 0 Å². The van der Waals surface area contributed by atoms with Crippen molar-refractivity contribution in [3.8, 4) is 0 Å². The van der Waals surface area contributed by atoms with E-state index in [1.54, 1.807) is 0 Å². The summed E-state index contributed by atoms with van der Waals surface area (Å²) in [4.78, 5) is 15.7. The van der Waals surface area contributed by atoms with Gasteiger partial charge in [-0.2, -0.15) is 0 Å². The first-order chi connectivity index (χ1) is 7.81. The Balaban J connectivity index is 1.96. The summed E-state index contributed by atoms with van der Waals surface area (Å²) in [6, 6.07) is 0. The molecule has 0 atom stereocenters. The molecule has 1 fully saturated rings. The molecule has 5 nitrogen and oxygen atoms in total. The third-order valence-electron chi connectivity index (χ3n) is 2.69. The molecule has 16 heavy (non-hydrogen) atoms. The molecule has 0 saturated carbocycles. The summed E-state index contributed by atoms with van der Waals surface area (Å²) < 4.78 is 4.82. The van der Waals surface area contributed by atoms with Crippen LogP contribution in [-0.4, -0.2) is 35.8 Å². The second-order valence-corrected chi connectivity index (χ2v) is 4.13. The lowest BCUT2D eigenvalue weighted by Gasteiger charge is -2.12. The molecule has 0 radical (unpaired) electrons. The molecule has 1 aromatic heterocycles. The Morgan fingerprint density at radius 3 is 2.94 bits per heavy atom. The van der Waals surface area contributed by atoms with Gasteiger partial charge >= 0.3 is 0 Å². The van der Waals surface area contributed by atoms with E-state index in [-0.39, 0.29) is 5.88 Å². The standard InChI is InChI=1S/C10H12ClN3O2/c11-9-8(13-16-10(9)12-7-15)3-6-14-4-1-2-5-14/h1-6H2. The van der Waals surface area contributed by atoms with E-state index < -0.39 is 0 Å². The van der Waals surface area contributed by atoms with Crippen LogP contribution in [-0.2, 0) is 11.2 Å². The quantitative estimate of drug-likeness (QED) is 0.597. The Bertz CT molecular complexity index is 406. The van der Waals surface area contributed by atoms with E-state index in [4.69, 9.17) is 16.1 Å². The fraction of sp³-hybridized carbons (Fsp3) is 0.600. The van der Waals surface area contributed by atoms with Gasteiger partial charge in [-0.25, -0.2) is 4.79 Å². The van der Waals surface area contributed by atoms with Crippen molar-refractivity contribution in [2.75, 3.05) is 19.6 Å². The van der Waals surface area contributed by atoms with Crippen LogP contribution in [0.2, 0.25) is 5.02 Å². The molecular formula is C10H12ClN3O2. The zero-order valence-electron chi connectivity index (χ0n) is 8.78. The van der Waals surface area contributed by atoms with Gasteiger partial charge in [-0.3, -0.25) is 0 Å². The predicted molar refractivity (Wildman–Crippen MR) is 58.7 cm³/mol. The summed E-state index contributed by atoms with van der Waals surface area (Å²) in [7, 11) is 0. The van der Waals surface area contributed by atoms with Crippen molar-refractivity contribution >= 4 is 23.6 Å². The number of nitrogens with zero attached hydrogens (tertiary/aromatic N) is 3. The Hall–Kier alpha value is -1.16. The lowest BCUT2D eigenvalue weighted by molar-refractivity contribution is 0.337. The van der Waals surface area contributed by atoms with E-state index in [9.17, 15) is 4.79 Å². The summed E-state index contributed by atoms with van der Waals surface area (Å²) in [5, 5.41) is 4.11. The first-order valence-corrected chi connectivity index (χ1v) is 5.63. The topological polar surface area (TPSA) is 58.7 Å². The normalized spacial score (nSPS) is 16.3. The minimum Gasteiger partial charge on any atom is -0.334 e. The van der Waals surface area contributed by atoms with Crippen LogP contribution in [0.4, 0.5) is 5.88 Å². The zero-order chi connectivity index (χ0) is 11.4. The van der Waals surface area contributed by atoms with Gasteiger partial charge in [0.15, 0.2) is 0 Å². The average Bonchev–Trinajstić information content (AvgIpc) is 2.89. The van der Waals surface area contributed by atoms with Gasteiger partial charge in [-0.1, -0.05) is 16.8 Å². The minimum absolute atomic E-state index is 0.0492. The molecule has 0 spiro atoms. The molecule has 0 amide bonds. The van der Waals surface area contributed by atoms with Crippen LogP contribution in [0, 0.1) is 0 Å². The third kappa shape index (κ3) is 2.50. The molecule has 0 unspecified atom stereocenters. The van der Waals surface area contributed by atoms with Crippen molar-refractivity contribution in [3.05, 3.63) is 10.7 Å². The van der Waals surface area contributed by atoms with Crippen LogP contribution < -0.4 is 0 Å². The van der Waals surface area contributed by atoms with E-state index in [0.717, 1.165) is 26.1 Å². The van der Waals surface area contributed by atoms with Crippen LogP contribution in [0.1, 0.15) is 18.5 Å². The maximum atomic E-state index is 10.1. The summed E-state index contributed by atoms with van der Waals surface area (Å²) in [5.41, 5.74) is 0.655. The number of halogens is 1. The maximum absolute atomic E-state index is 10.1. The van der Waals surface area contributed by atoms with Gasteiger partial charge in [0.1, 0.15) is 10.7 Å². The Morgan fingerprint density at radius 1 is 1.50 bits per heavy atom. The number of rotatable bonds is 4. The van der Waals surface area contributed by atoms with E-state index in [1.165, 1.54) is 18.9 Å². The number of hydrogen-bond donors (Lipinski definition) is 0. The van der Waals surface area contributed by atoms with Crippen molar-refractivity contribution in [2.45, 2.75) is 19.3 Å². The highest BCUT2D eigenvalue weighted by Crippen LogP contribution is 2.28. The van der Waals surface area contributed by atoms with Gasteiger partial charge in [-0.15, -0.1) is 4.99 Å². The van der Waals surface area contributed by atoms with Gasteiger partial charge in [0.05, 0.1) is 0 Å². The summed E-state index contributed by atoms with van der Waals surface area (Å²) in [6.07, 6.45) is 4.62. The van der Waals surface area contributed by atoms with E-state index in [0.29, 0.717) is 10.7 Å². The lowest BCUT2D eigenvalue weighted by atomic mass is 10.3. The molecule has 86 valence electrons. The van der Waals surface area contributed by atoms with Crippen LogP contribution >= 0.6 is 11.6 Å². The van der Waals surface area contributed by atoms with Crippen molar-refractivity contribution in [1.82, 2.24) is 10.1 Å². The number of carbonyl (C=O) groups excluding carboxylic acids is 1. The lowest BCUT2D eigenvalue weighted by Crippen LogP contribution is -2.22. The summed E-state index contributed by atoms with van der Waals surface area (Å²) >= 11 is 5.94. The van der Waals surface area contributed by atoms with Crippen molar-refractivity contribution in [2.24, 2.45) is 4.99 Å². The smallest absolute Gasteiger partial charge is 0.280 e. The van der Waals surface area contributed by atoms with E-state index in [2.05, 4.69) is 15.0 Å². The van der Waals surface area contributed by atoms with Crippen molar-refractivity contribution in [3.63, 3.8) is 0 Å². The first-order valence-electron chi connectivity index (χ1n) is 5.25. The van der Waals surface area contributed by atoms with Crippen LogP contribution in [0.3, 0.4) is 0 Å². The van der Waals surface area contributed by atoms with Crippen LogP contribution in [0.15, 0.2) is 9.52 Å². The largest absolute Gasteiger partial charge is 0.334 e. The first kappa shape index (κ1) is 11.3. The predicted octanol–water partition coefficient (Wildman–Crippen LogP) is 1.93.